The average Bonchev–Trinajstić information content (AvgIpc) is 1.87. The zero-order valence-corrected chi connectivity index (χ0v) is 9.15. The van der Waals surface area contributed by atoms with Crippen LogP contribution in [0.25, 0.3) is 0 Å². The van der Waals surface area contributed by atoms with Gasteiger partial charge in [0.1, 0.15) is 7.28 Å². The van der Waals surface area contributed by atoms with Gasteiger partial charge in [-0.2, -0.15) is 0 Å². The van der Waals surface area contributed by atoms with Crippen LogP contribution in [0.5, 0.6) is 0 Å². The fraction of sp³-hybridized carbons (Fsp3) is 1.00. The van der Waals surface area contributed by atoms with Crippen LogP contribution in [0.1, 0.15) is 41.5 Å². The van der Waals surface area contributed by atoms with E-state index in [0.29, 0.717) is 10.7 Å². The molecule has 0 aliphatic heterocycles. The van der Waals surface area contributed by atoms with Gasteiger partial charge in [0.15, 0.2) is 0 Å². The van der Waals surface area contributed by atoms with Crippen LogP contribution in [0.15, 0.2) is 0 Å². The summed E-state index contributed by atoms with van der Waals surface area (Å²) in [6, 6.07) is 0. The molecule has 0 nitrogen and oxygen atoms in total. The zero-order chi connectivity index (χ0) is 9.28. The lowest BCUT2D eigenvalue weighted by molar-refractivity contribution is 0.177. The summed E-state index contributed by atoms with van der Waals surface area (Å²) in [6.07, 6.45) is 0. The van der Waals surface area contributed by atoms with E-state index < -0.39 is 0 Å². The summed E-state index contributed by atoms with van der Waals surface area (Å²) in [5.74, 6) is 0.730. The molecule has 1 radical (unpaired) electrons. The molecule has 0 fully saturated rings. The van der Waals surface area contributed by atoms with Crippen LogP contribution in [0.2, 0.25) is 12.1 Å². The molecule has 11 heavy (non-hydrogen) atoms. The molecule has 0 amide bonds. The highest BCUT2D eigenvalue weighted by molar-refractivity contribution is 6.38. The van der Waals surface area contributed by atoms with Gasteiger partial charge in [0.05, 0.1) is 0 Å². The summed E-state index contributed by atoms with van der Waals surface area (Å²) in [5.41, 5.74) is 0.391. The average molecular weight is 153 g/mol. The first kappa shape index (κ1) is 11.1. The van der Waals surface area contributed by atoms with E-state index in [2.05, 4.69) is 55.6 Å². The molecule has 0 bridgehead atoms. The predicted molar refractivity (Wildman–Crippen MR) is 54.3 cm³/mol. The second kappa shape index (κ2) is 3.20. The van der Waals surface area contributed by atoms with E-state index in [1.54, 1.807) is 0 Å². The molecule has 1 heteroatoms. The number of rotatable bonds is 3. The largest absolute Gasteiger partial charge is 0.114 e. The van der Waals surface area contributed by atoms with Gasteiger partial charge >= 0.3 is 0 Å². The van der Waals surface area contributed by atoms with E-state index in [0.717, 1.165) is 5.92 Å². The molecule has 0 aromatic carbocycles. The Morgan fingerprint density at radius 3 is 1.45 bits per heavy atom. The van der Waals surface area contributed by atoms with Crippen molar-refractivity contribution in [3.05, 3.63) is 0 Å². The lowest BCUT2D eigenvalue weighted by Crippen LogP contribution is -2.34. The predicted octanol–water partition coefficient (Wildman–Crippen LogP) is 3.62. The SMILES string of the molecule is C[B]C(C)(C)C(C)(C)C(C)C. The van der Waals surface area contributed by atoms with E-state index in [4.69, 9.17) is 0 Å². The molecule has 0 atom stereocenters. The Morgan fingerprint density at radius 1 is 1.00 bits per heavy atom. The highest BCUT2D eigenvalue weighted by atomic mass is 14.4. The van der Waals surface area contributed by atoms with Crippen molar-refractivity contribution in [3.63, 3.8) is 0 Å². The third-order valence-corrected chi connectivity index (χ3v) is 3.83. The Balaban J connectivity index is 4.53. The van der Waals surface area contributed by atoms with Crippen LogP contribution in [-0.2, 0) is 0 Å². The molecule has 0 spiro atoms. The first-order valence-electron chi connectivity index (χ1n) is 4.56. The van der Waals surface area contributed by atoms with Gasteiger partial charge in [-0.05, 0) is 11.3 Å². The Morgan fingerprint density at radius 2 is 1.36 bits per heavy atom. The van der Waals surface area contributed by atoms with Crippen LogP contribution in [0.4, 0.5) is 0 Å². The van der Waals surface area contributed by atoms with Gasteiger partial charge in [0, 0.05) is 0 Å². The fourth-order valence-electron chi connectivity index (χ4n) is 1.12. The molecule has 0 aliphatic rings. The van der Waals surface area contributed by atoms with Crippen molar-refractivity contribution in [1.29, 1.82) is 0 Å². The molecule has 65 valence electrons. The van der Waals surface area contributed by atoms with Gasteiger partial charge in [0.2, 0.25) is 0 Å². The van der Waals surface area contributed by atoms with E-state index in [1.807, 2.05) is 0 Å². The van der Waals surface area contributed by atoms with Crippen molar-refractivity contribution in [2.24, 2.45) is 11.3 Å². The van der Waals surface area contributed by atoms with Crippen molar-refractivity contribution in [1.82, 2.24) is 0 Å². The second-order valence-electron chi connectivity index (χ2n) is 4.89. The molecule has 0 rings (SSSR count). The number of hydrogen-bond acceptors (Lipinski definition) is 0. The van der Waals surface area contributed by atoms with Crippen LogP contribution in [-0.4, -0.2) is 7.28 Å². The van der Waals surface area contributed by atoms with Crippen LogP contribution < -0.4 is 0 Å². The molecule has 0 unspecified atom stereocenters. The van der Waals surface area contributed by atoms with Crippen molar-refractivity contribution in [3.8, 4) is 0 Å². The molecule has 0 aromatic rings. The lowest BCUT2D eigenvalue weighted by Gasteiger charge is -2.44. The third kappa shape index (κ3) is 2.01. The highest BCUT2D eigenvalue weighted by Crippen LogP contribution is 2.48. The van der Waals surface area contributed by atoms with Gasteiger partial charge < -0.3 is 0 Å². The molecule has 0 aliphatic carbocycles. The molecule has 0 heterocycles. The molecular weight excluding hydrogens is 131 g/mol. The monoisotopic (exact) mass is 153 g/mol. The Bertz CT molecular complexity index is 123. The van der Waals surface area contributed by atoms with Crippen LogP contribution in [0.3, 0.4) is 0 Å². The Labute approximate surface area is 73.0 Å². The zero-order valence-electron chi connectivity index (χ0n) is 9.15. The summed E-state index contributed by atoms with van der Waals surface area (Å²) >= 11 is 0. The molecule has 0 N–H and O–H groups in total. The van der Waals surface area contributed by atoms with Gasteiger partial charge in [-0.25, -0.2) is 0 Å². The topological polar surface area (TPSA) is 0 Å². The standard InChI is InChI=1S/C10H22B/c1-8(2)9(3,4)10(5,6)11-7/h8H,1-7H3. The van der Waals surface area contributed by atoms with Gasteiger partial charge in [0.25, 0.3) is 0 Å². The summed E-state index contributed by atoms with van der Waals surface area (Å²) in [6.45, 7) is 16.1. The molecule has 0 saturated heterocycles. The quantitative estimate of drug-likeness (QED) is 0.543. The first-order chi connectivity index (χ1) is 4.75. The van der Waals surface area contributed by atoms with Crippen molar-refractivity contribution >= 4 is 7.28 Å². The maximum atomic E-state index is 2.34. The van der Waals surface area contributed by atoms with E-state index in [-0.39, 0.29) is 0 Å². The summed E-state index contributed by atoms with van der Waals surface area (Å²) in [4.78, 5) is 0. The molecule has 0 aromatic heterocycles. The van der Waals surface area contributed by atoms with Crippen LogP contribution in [0, 0.1) is 11.3 Å². The van der Waals surface area contributed by atoms with Crippen molar-refractivity contribution in [2.45, 2.75) is 53.7 Å². The van der Waals surface area contributed by atoms with Crippen molar-refractivity contribution in [2.75, 3.05) is 0 Å². The van der Waals surface area contributed by atoms with Gasteiger partial charge in [-0.3, -0.25) is 0 Å². The molecule has 0 saturated carbocycles. The highest BCUT2D eigenvalue weighted by Gasteiger charge is 2.37. The normalized spacial score (nSPS) is 13.8. The third-order valence-electron chi connectivity index (χ3n) is 3.83. The maximum absolute atomic E-state index is 2.34. The molecular formula is C10H22B. The van der Waals surface area contributed by atoms with Gasteiger partial charge in [-0.1, -0.05) is 53.7 Å². The summed E-state index contributed by atoms with van der Waals surface area (Å²) in [5, 5.41) is 0.334. The Hall–Kier alpha value is 0.0649. The minimum atomic E-state index is 0.334. The minimum Gasteiger partial charge on any atom is -0.0914 e. The maximum Gasteiger partial charge on any atom is 0.114 e. The van der Waals surface area contributed by atoms with E-state index >= 15 is 0 Å². The van der Waals surface area contributed by atoms with E-state index in [1.165, 1.54) is 0 Å². The van der Waals surface area contributed by atoms with E-state index in [9.17, 15) is 0 Å². The van der Waals surface area contributed by atoms with Crippen LogP contribution >= 0.6 is 0 Å². The minimum absolute atomic E-state index is 0.334. The summed E-state index contributed by atoms with van der Waals surface area (Å²) < 4.78 is 0. The number of hydrogen-bond donors (Lipinski definition) is 0. The van der Waals surface area contributed by atoms with Gasteiger partial charge in [-0.15, -0.1) is 0 Å². The smallest absolute Gasteiger partial charge is 0.0914 e. The summed E-state index contributed by atoms with van der Waals surface area (Å²) in [7, 11) is 2.31. The fourth-order valence-corrected chi connectivity index (χ4v) is 1.12. The lowest BCUT2D eigenvalue weighted by atomic mass is 9.43. The second-order valence-corrected chi connectivity index (χ2v) is 4.89. The Kier molecular flexibility index (Phi) is 3.22. The van der Waals surface area contributed by atoms with Crippen molar-refractivity contribution < 1.29 is 0 Å². The first-order valence-corrected chi connectivity index (χ1v) is 4.56.